The van der Waals surface area contributed by atoms with Crippen LogP contribution in [0.3, 0.4) is 0 Å². The van der Waals surface area contributed by atoms with Gasteiger partial charge in [-0.25, -0.2) is 0 Å². The highest BCUT2D eigenvalue weighted by Crippen LogP contribution is 2.28. The van der Waals surface area contributed by atoms with Gasteiger partial charge in [0.2, 0.25) is 5.91 Å². The highest BCUT2D eigenvalue weighted by atomic mass is 35.5. The first-order valence-electron chi connectivity index (χ1n) is 9.17. The molecule has 2 heterocycles. The molecule has 4 rings (SSSR count). The summed E-state index contributed by atoms with van der Waals surface area (Å²) in [5, 5.41) is 3.30. The second-order valence-corrected chi connectivity index (χ2v) is 7.33. The Labute approximate surface area is 173 Å². The number of carbonyl (C=O) groups excluding carboxylic acids is 2. The average Bonchev–Trinajstić information content (AvgIpc) is 2.79. The van der Waals surface area contributed by atoms with Crippen LogP contribution in [-0.4, -0.2) is 27.7 Å². The standard InChI is InChI=1S/C22H19ClN4O2/c23-15-7-8-18-19(11-15)26-21(28)20(12-17-6-1-2-9-25-17)27(22(18)29)13-14-4-3-5-16(24)10-14/h1-11,20H,12-13,24H2,(H,26,28). The van der Waals surface area contributed by atoms with Crippen molar-refractivity contribution in [1.29, 1.82) is 0 Å². The van der Waals surface area contributed by atoms with Crippen molar-refractivity contribution in [3.8, 4) is 0 Å². The molecule has 146 valence electrons. The number of aromatic nitrogens is 1. The Morgan fingerprint density at radius 3 is 2.69 bits per heavy atom. The molecule has 1 aromatic heterocycles. The van der Waals surface area contributed by atoms with Gasteiger partial charge in [-0.2, -0.15) is 0 Å². The second-order valence-electron chi connectivity index (χ2n) is 6.90. The summed E-state index contributed by atoms with van der Waals surface area (Å²) in [5.41, 5.74) is 8.88. The Hall–Kier alpha value is -3.38. The number of benzene rings is 2. The SMILES string of the molecule is Nc1cccc(CN2C(=O)c3ccc(Cl)cc3NC(=O)C2Cc2ccccn2)c1. The number of anilines is 2. The van der Waals surface area contributed by atoms with Crippen molar-refractivity contribution >= 4 is 34.8 Å². The van der Waals surface area contributed by atoms with E-state index in [1.165, 1.54) is 0 Å². The number of carbonyl (C=O) groups is 2. The minimum atomic E-state index is -0.731. The number of hydrogen-bond donors (Lipinski definition) is 2. The fourth-order valence-corrected chi connectivity index (χ4v) is 3.62. The molecule has 1 atom stereocenters. The lowest BCUT2D eigenvalue weighted by Crippen LogP contribution is -2.46. The van der Waals surface area contributed by atoms with Gasteiger partial charge in [0.15, 0.2) is 0 Å². The zero-order valence-electron chi connectivity index (χ0n) is 15.5. The van der Waals surface area contributed by atoms with E-state index < -0.39 is 6.04 Å². The molecule has 0 bridgehead atoms. The Morgan fingerprint density at radius 2 is 1.93 bits per heavy atom. The number of hydrogen-bond acceptors (Lipinski definition) is 4. The number of halogens is 1. The first-order valence-corrected chi connectivity index (χ1v) is 9.55. The molecule has 0 spiro atoms. The van der Waals surface area contributed by atoms with E-state index in [4.69, 9.17) is 17.3 Å². The van der Waals surface area contributed by atoms with E-state index in [9.17, 15) is 9.59 Å². The van der Waals surface area contributed by atoms with Crippen molar-refractivity contribution in [3.05, 3.63) is 88.7 Å². The molecule has 0 fully saturated rings. The normalized spacial score (nSPS) is 16.2. The van der Waals surface area contributed by atoms with Gasteiger partial charge < -0.3 is 16.0 Å². The maximum absolute atomic E-state index is 13.4. The number of pyridine rings is 1. The van der Waals surface area contributed by atoms with E-state index in [2.05, 4.69) is 10.3 Å². The lowest BCUT2D eigenvalue weighted by atomic mass is 10.1. The van der Waals surface area contributed by atoms with E-state index in [1.807, 2.05) is 30.3 Å². The lowest BCUT2D eigenvalue weighted by Gasteiger charge is -2.28. The van der Waals surface area contributed by atoms with Gasteiger partial charge in [0.1, 0.15) is 6.04 Å². The second kappa shape index (κ2) is 7.93. The number of nitrogens with two attached hydrogens (primary N) is 1. The first kappa shape index (κ1) is 19.0. The highest BCUT2D eigenvalue weighted by molar-refractivity contribution is 6.31. The predicted molar refractivity (Wildman–Crippen MR) is 113 cm³/mol. The van der Waals surface area contributed by atoms with Crippen LogP contribution in [0.15, 0.2) is 66.9 Å². The number of nitrogens with one attached hydrogen (secondary N) is 1. The molecule has 0 radical (unpaired) electrons. The average molecular weight is 407 g/mol. The van der Waals surface area contributed by atoms with Crippen LogP contribution in [0, 0.1) is 0 Å². The van der Waals surface area contributed by atoms with Gasteiger partial charge in [-0.3, -0.25) is 14.6 Å². The van der Waals surface area contributed by atoms with Crippen molar-refractivity contribution in [1.82, 2.24) is 9.88 Å². The van der Waals surface area contributed by atoms with Crippen molar-refractivity contribution < 1.29 is 9.59 Å². The molecule has 0 saturated heterocycles. The lowest BCUT2D eigenvalue weighted by molar-refractivity contribution is -0.120. The van der Waals surface area contributed by atoms with Crippen LogP contribution in [0.5, 0.6) is 0 Å². The summed E-state index contributed by atoms with van der Waals surface area (Å²) in [6.45, 7) is 0.247. The van der Waals surface area contributed by atoms with E-state index in [0.29, 0.717) is 28.4 Å². The molecule has 6 nitrogen and oxygen atoms in total. The van der Waals surface area contributed by atoms with Crippen LogP contribution in [0.25, 0.3) is 0 Å². The molecule has 3 aromatic rings. The molecular weight excluding hydrogens is 388 g/mol. The molecule has 2 amide bonds. The molecule has 3 N–H and O–H groups in total. The number of nitrogens with zero attached hydrogens (tertiary/aromatic N) is 2. The summed E-state index contributed by atoms with van der Waals surface area (Å²) in [5.74, 6) is -0.535. The summed E-state index contributed by atoms with van der Waals surface area (Å²) < 4.78 is 0. The Morgan fingerprint density at radius 1 is 1.07 bits per heavy atom. The Bertz CT molecular complexity index is 1070. The number of rotatable bonds is 4. The largest absolute Gasteiger partial charge is 0.399 e. The fourth-order valence-electron chi connectivity index (χ4n) is 3.45. The molecule has 7 heteroatoms. The van der Waals surface area contributed by atoms with Gasteiger partial charge in [-0.05, 0) is 48.0 Å². The van der Waals surface area contributed by atoms with Crippen molar-refractivity contribution in [2.75, 3.05) is 11.1 Å². The third kappa shape index (κ3) is 4.07. The summed E-state index contributed by atoms with van der Waals surface area (Å²) in [7, 11) is 0. The van der Waals surface area contributed by atoms with E-state index in [-0.39, 0.29) is 18.4 Å². The minimum Gasteiger partial charge on any atom is -0.399 e. The van der Waals surface area contributed by atoms with Gasteiger partial charge in [0, 0.05) is 35.6 Å². The van der Waals surface area contributed by atoms with Gasteiger partial charge in [-0.1, -0.05) is 29.8 Å². The molecule has 29 heavy (non-hydrogen) atoms. The molecule has 1 aliphatic heterocycles. The quantitative estimate of drug-likeness (QED) is 0.649. The van der Waals surface area contributed by atoms with Crippen LogP contribution in [-0.2, 0) is 17.8 Å². The van der Waals surface area contributed by atoms with Crippen molar-refractivity contribution in [3.63, 3.8) is 0 Å². The minimum absolute atomic E-state index is 0.247. The maximum atomic E-state index is 13.4. The Balaban J connectivity index is 1.76. The highest BCUT2D eigenvalue weighted by Gasteiger charge is 2.35. The van der Waals surface area contributed by atoms with Crippen LogP contribution in [0.4, 0.5) is 11.4 Å². The molecular formula is C22H19ClN4O2. The van der Waals surface area contributed by atoms with Crippen LogP contribution in [0.1, 0.15) is 21.6 Å². The Kier molecular flexibility index (Phi) is 5.18. The monoisotopic (exact) mass is 406 g/mol. The van der Waals surface area contributed by atoms with E-state index >= 15 is 0 Å². The first-order chi connectivity index (χ1) is 14.0. The summed E-state index contributed by atoms with van der Waals surface area (Å²) >= 11 is 6.07. The summed E-state index contributed by atoms with van der Waals surface area (Å²) in [6.07, 6.45) is 1.96. The third-order valence-corrected chi connectivity index (χ3v) is 5.08. The van der Waals surface area contributed by atoms with Gasteiger partial charge in [0.05, 0.1) is 11.3 Å². The van der Waals surface area contributed by atoms with Crippen LogP contribution in [0.2, 0.25) is 5.02 Å². The zero-order chi connectivity index (χ0) is 20.4. The van der Waals surface area contributed by atoms with Crippen LogP contribution >= 0.6 is 11.6 Å². The smallest absolute Gasteiger partial charge is 0.256 e. The molecule has 1 aliphatic rings. The maximum Gasteiger partial charge on any atom is 0.256 e. The van der Waals surface area contributed by atoms with Crippen LogP contribution < -0.4 is 11.1 Å². The number of nitrogen functional groups attached to an aromatic ring is 1. The number of fused-ring (bicyclic) bond motifs is 1. The van der Waals surface area contributed by atoms with Gasteiger partial charge >= 0.3 is 0 Å². The predicted octanol–water partition coefficient (Wildman–Crippen LogP) is 3.52. The summed E-state index contributed by atoms with van der Waals surface area (Å²) in [6, 6.07) is 16.9. The molecule has 2 aromatic carbocycles. The zero-order valence-corrected chi connectivity index (χ0v) is 16.3. The fraction of sp³-hybridized carbons (Fsp3) is 0.136. The number of amides is 2. The van der Waals surface area contributed by atoms with Crippen molar-refractivity contribution in [2.45, 2.75) is 19.0 Å². The third-order valence-electron chi connectivity index (χ3n) is 4.84. The van der Waals surface area contributed by atoms with Gasteiger partial charge in [0.25, 0.3) is 5.91 Å². The topological polar surface area (TPSA) is 88.3 Å². The molecule has 0 saturated carbocycles. The van der Waals surface area contributed by atoms with Gasteiger partial charge in [-0.15, -0.1) is 0 Å². The van der Waals surface area contributed by atoms with E-state index in [0.717, 1.165) is 11.3 Å². The molecule has 0 aliphatic carbocycles. The van der Waals surface area contributed by atoms with E-state index in [1.54, 1.807) is 41.4 Å². The summed E-state index contributed by atoms with van der Waals surface area (Å²) in [4.78, 5) is 32.4. The molecule has 1 unspecified atom stereocenters. The van der Waals surface area contributed by atoms with Crippen molar-refractivity contribution in [2.24, 2.45) is 0 Å².